The van der Waals surface area contributed by atoms with Crippen molar-refractivity contribution in [1.29, 1.82) is 0 Å². The molecule has 2 aromatic heterocycles. The average molecular weight is 209 g/mol. The molecule has 0 aliphatic rings. The molecule has 0 aliphatic heterocycles. The van der Waals surface area contributed by atoms with E-state index in [1.54, 1.807) is 23.2 Å². The highest BCUT2D eigenvalue weighted by molar-refractivity contribution is 7.07. The van der Waals surface area contributed by atoms with Gasteiger partial charge in [-0.1, -0.05) is 0 Å². The third kappa shape index (κ3) is 1.67. The second-order valence-electron chi connectivity index (χ2n) is 2.98. The molecule has 2 rings (SSSR count). The minimum absolute atomic E-state index is 0.123. The van der Waals surface area contributed by atoms with E-state index in [1.165, 1.54) is 0 Å². The molecule has 0 saturated carbocycles. The van der Waals surface area contributed by atoms with Gasteiger partial charge >= 0.3 is 0 Å². The van der Waals surface area contributed by atoms with Crippen LogP contribution in [0, 0.1) is 0 Å². The lowest BCUT2D eigenvalue weighted by Crippen LogP contribution is -2.29. The van der Waals surface area contributed by atoms with Gasteiger partial charge in [-0.05, 0) is 0 Å². The molecule has 0 amide bonds. The number of aryl methyl sites for hydroxylation is 1. The molecule has 14 heavy (non-hydrogen) atoms. The maximum atomic E-state index is 5.47. The molecule has 5 nitrogen and oxygen atoms in total. The lowest BCUT2D eigenvalue weighted by atomic mass is 10.2. The summed E-state index contributed by atoms with van der Waals surface area (Å²) in [6, 6.07) is -0.123. The van der Waals surface area contributed by atoms with Gasteiger partial charge in [-0.3, -0.25) is 5.84 Å². The Morgan fingerprint density at radius 2 is 2.36 bits per heavy atom. The minimum Gasteiger partial charge on any atom is -0.340 e. The molecule has 2 heterocycles. The molecular weight excluding hydrogens is 198 g/mol. The first-order chi connectivity index (χ1) is 6.81. The summed E-state index contributed by atoms with van der Waals surface area (Å²) in [7, 11) is 1.92. The van der Waals surface area contributed by atoms with E-state index in [0.29, 0.717) is 0 Å². The quantitative estimate of drug-likeness (QED) is 0.568. The molecular formula is C8H11N5S. The number of imidazole rings is 1. The third-order valence-corrected chi connectivity index (χ3v) is 2.54. The normalized spacial score (nSPS) is 13.0. The Morgan fingerprint density at radius 3 is 2.86 bits per heavy atom. The molecule has 3 N–H and O–H groups in total. The highest BCUT2D eigenvalue weighted by Crippen LogP contribution is 2.18. The Morgan fingerprint density at radius 1 is 1.50 bits per heavy atom. The summed E-state index contributed by atoms with van der Waals surface area (Å²) in [5.41, 5.74) is 6.26. The summed E-state index contributed by atoms with van der Waals surface area (Å²) in [4.78, 5) is 8.43. The van der Waals surface area contributed by atoms with Gasteiger partial charge in [0.15, 0.2) is 0 Å². The van der Waals surface area contributed by atoms with E-state index in [1.807, 2.05) is 23.2 Å². The van der Waals surface area contributed by atoms with Crippen molar-refractivity contribution in [1.82, 2.24) is 20.0 Å². The summed E-state index contributed by atoms with van der Waals surface area (Å²) in [5, 5.41) is 1.96. The number of hydrazine groups is 1. The standard InChI is InChI=1S/C8H11N5S/c1-13-2-6(10-4-13)8(12-9)7-3-14-5-11-7/h2-5,8,12H,9H2,1H3. The Balaban J connectivity index is 2.31. The van der Waals surface area contributed by atoms with Crippen molar-refractivity contribution < 1.29 is 0 Å². The van der Waals surface area contributed by atoms with Gasteiger partial charge in [0.05, 0.1) is 23.2 Å². The van der Waals surface area contributed by atoms with Gasteiger partial charge in [-0.25, -0.2) is 15.4 Å². The van der Waals surface area contributed by atoms with Crippen LogP contribution < -0.4 is 11.3 Å². The number of rotatable bonds is 3. The Bertz CT molecular complexity index is 394. The molecule has 0 aromatic carbocycles. The zero-order valence-electron chi connectivity index (χ0n) is 7.71. The predicted octanol–water partition coefficient (Wildman–Crippen LogP) is 0.429. The fourth-order valence-electron chi connectivity index (χ4n) is 1.27. The first-order valence-corrected chi connectivity index (χ1v) is 5.07. The SMILES string of the molecule is Cn1cnc(C(NN)c2cscn2)c1. The van der Waals surface area contributed by atoms with Crippen molar-refractivity contribution in [2.45, 2.75) is 6.04 Å². The first kappa shape index (κ1) is 9.32. The fraction of sp³-hybridized carbons (Fsp3) is 0.250. The minimum atomic E-state index is -0.123. The highest BCUT2D eigenvalue weighted by atomic mass is 32.1. The van der Waals surface area contributed by atoms with E-state index in [-0.39, 0.29) is 6.04 Å². The second-order valence-corrected chi connectivity index (χ2v) is 3.70. The van der Waals surface area contributed by atoms with Crippen molar-refractivity contribution in [3.05, 3.63) is 34.8 Å². The zero-order chi connectivity index (χ0) is 9.97. The number of nitrogens with zero attached hydrogens (tertiary/aromatic N) is 3. The zero-order valence-corrected chi connectivity index (χ0v) is 8.53. The summed E-state index contributed by atoms with van der Waals surface area (Å²) >= 11 is 1.54. The maximum Gasteiger partial charge on any atom is 0.108 e. The predicted molar refractivity (Wildman–Crippen MR) is 54.5 cm³/mol. The van der Waals surface area contributed by atoms with Crippen molar-refractivity contribution in [2.24, 2.45) is 12.9 Å². The van der Waals surface area contributed by atoms with Gasteiger partial charge in [0, 0.05) is 18.6 Å². The summed E-state index contributed by atoms with van der Waals surface area (Å²) in [6.45, 7) is 0. The molecule has 74 valence electrons. The van der Waals surface area contributed by atoms with Gasteiger partial charge in [0.1, 0.15) is 6.04 Å². The van der Waals surface area contributed by atoms with Crippen LogP contribution in [0.2, 0.25) is 0 Å². The van der Waals surface area contributed by atoms with E-state index < -0.39 is 0 Å². The molecule has 0 spiro atoms. The molecule has 6 heteroatoms. The smallest absolute Gasteiger partial charge is 0.108 e. The number of aromatic nitrogens is 3. The molecule has 2 aromatic rings. The lowest BCUT2D eigenvalue weighted by Gasteiger charge is -2.09. The van der Waals surface area contributed by atoms with Crippen LogP contribution in [0.4, 0.5) is 0 Å². The Hall–Kier alpha value is -1.24. The van der Waals surface area contributed by atoms with Crippen LogP contribution in [-0.4, -0.2) is 14.5 Å². The Kier molecular flexibility index (Phi) is 2.58. The van der Waals surface area contributed by atoms with E-state index in [4.69, 9.17) is 5.84 Å². The van der Waals surface area contributed by atoms with Crippen LogP contribution in [0.5, 0.6) is 0 Å². The van der Waals surface area contributed by atoms with Crippen molar-refractivity contribution in [2.75, 3.05) is 0 Å². The van der Waals surface area contributed by atoms with Gasteiger partial charge in [0.2, 0.25) is 0 Å². The van der Waals surface area contributed by atoms with Crippen LogP contribution in [0.25, 0.3) is 0 Å². The van der Waals surface area contributed by atoms with Gasteiger partial charge in [-0.2, -0.15) is 0 Å². The van der Waals surface area contributed by atoms with Crippen LogP contribution in [0.3, 0.4) is 0 Å². The van der Waals surface area contributed by atoms with Crippen molar-refractivity contribution in [3.8, 4) is 0 Å². The Labute approximate surface area is 85.6 Å². The van der Waals surface area contributed by atoms with Crippen molar-refractivity contribution in [3.63, 3.8) is 0 Å². The summed E-state index contributed by atoms with van der Waals surface area (Å²) in [5.74, 6) is 5.47. The van der Waals surface area contributed by atoms with E-state index >= 15 is 0 Å². The van der Waals surface area contributed by atoms with E-state index in [9.17, 15) is 0 Å². The number of hydrogen-bond acceptors (Lipinski definition) is 5. The molecule has 0 saturated heterocycles. The van der Waals surface area contributed by atoms with Crippen molar-refractivity contribution >= 4 is 11.3 Å². The largest absolute Gasteiger partial charge is 0.340 e. The monoisotopic (exact) mass is 209 g/mol. The molecule has 0 radical (unpaired) electrons. The number of thiazole rings is 1. The van der Waals surface area contributed by atoms with Gasteiger partial charge < -0.3 is 4.57 Å². The van der Waals surface area contributed by atoms with Crippen LogP contribution >= 0.6 is 11.3 Å². The maximum absolute atomic E-state index is 5.47. The van der Waals surface area contributed by atoms with E-state index in [2.05, 4.69) is 15.4 Å². The van der Waals surface area contributed by atoms with E-state index in [0.717, 1.165) is 11.4 Å². The van der Waals surface area contributed by atoms with Gasteiger partial charge in [-0.15, -0.1) is 11.3 Å². The third-order valence-electron chi connectivity index (χ3n) is 1.93. The molecule has 0 bridgehead atoms. The van der Waals surface area contributed by atoms with Gasteiger partial charge in [0.25, 0.3) is 0 Å². The van der Waals surface area contributed by atoms with Crippen LogP contribution in [-0.2, 0) is 7.05 Å². The second kappa shape index (κ2) is 3.87. The average Bonchev–Trinajstić information content (AvgIpc) is 2.79. The number of nitrogens with one attached hydrogen (secondary N) is 1. The summed E-state index contributed by atoms with van der Waals surface area (Å²) in [6.07, 6.45) is 3.66. The first-order valence-electron chi connectivity index (χ1n) is 4.13. The molecule has 0 aliphatic carbocycles. The lowest BCUT2D eigenvalue weighted by molar-refractivity contribution is 0.610. The molecule has 1 atom stereocenters. The number of hydrogen-bond donors (Lipinski definition) is 2. The van der Waals surface area contributed by atoms with Crippen LogP contribution in [0.15, 0.2) is 23.4 Å². The topological polar surface area (TPSA) is 68.8 Å². The molecule has 1 unspecified atom stereocenters. The summed E-state index contributed by atoms with van der Waals surface area (Å²) < 4.78 is 1.88. The number of nitrogens with two attached hydrogens (primary N) is 1. The molecule has 0 fully saturated rings. The van der Waals surface area contributed by atoms with Crippen LogP contribution in [0.1, 0.15) is 17.4 Å². The fourth-order valence-corrected chi connectivity index (χ4v) is 1.85. The highest BCUT2D eigenvalue weighted by Gasteiger charge is 2.16.